The maximum absolute atomic E-state index is 11.9. The lowest BCUT2D eigenvalue weighted by Gasteiger charge is -2.27. The van der Waals surface area contributed by atoms with Crippen molar-refractivity contribution in [3.63, 3.8) is 0 Å². The molecule has 2 heterocycles. The standard InChI is InChI=1S/C13H13N3O/c1-9-11-7-8-14-13(17)12(11)16(15-9)10-5-3-2-4-6-10/h2-8,11-12H,1H3,(H,14,17). The zero-order valence-electron chi connectivity index (χ0n) is 9.50. The van der Waals surface area contributed by atoms with E-state index in [4.69, 9.17) is 0 Å². The highest BCUT2D eigenvalue weighted by atomic mass is 16.2. The molecule has 2 aliphatic rings. The predicted molar refractivity (Wildman–Crippen MR) is 66.6 cm³/mol. The van der Waals surface area contributed by atoms with E-state index in [1.807, 2.05) is 43.3 Å². The van der Waals surface area contributed by atoms with Crippen LogP contribution in [0.3, 0.4) is 0 Å². The summed E-state index contributed by atoms with van der Waals surface area (Å²) < 4.78 is 0. The molecule has 1 aromatic rings. The van der Waals surface area contributed by atoms with E-state index in [2.05, 4.69) is 10.4 Å². The van der Waals surface area contributed by atoms with Crippen LogP contribution in [0.4, 0.5) is 5.69 Å². The largest absolute Gasteiger partial charge is 0.331 e. The zero-order valence-corrected chi connectivity index (χ0v) is 9.50. The number of anilines is 1. The molecule has 0 fully saturated rings. The number of rotatable bonds is 1. The van der Waals surface area contributed by atoms with Gasteiger partial charge in [-0.15, -0.1) is 0 Å². The molecule has 0 radical (unpaired) electrons. The number of nitrogens with one attached hydrogen (secondary N) is 1. The Labute approximate surface area is 99.6 Å². The molecule has 4 nitrogen and oxygen atoms in total. The molecule has 4 heteroatoms. The third-order valence-electron chi connectivity index (χ3n) is 3.17. The molecule has 86 valence electrons. The molecular formula is C13H13N3O. The Bertz CT molecular complexity index is 507. The van der Waals surface area contributed by atoms with Crippen molar-refractivity contribution in [1.29, 1.82) is 0 Å². The first-order valence-corrected chi connectivity index (χ1v) is 5.64. The minimum absolute atomic E-state index is 0.00181. The molecule has 1 N–H and O–H groups in total. The Hall–Kier alpha value is -2.10. The number of amides is 1. The van der Waals surface area contributed by atoms with Gasteiger partial charge in [-0.3, -0.25) is 9.80 Å². The van der Waals surface area contributed by atoms with Crippen LogP contribution in [-0.2, 0) is 4.79 Å². The van der Waals surface area contributed by atoms with Crippen LogP contribution in [-0.4, -0.2) is 17.7 Å². The van der Waals surface area contributed by atoms with Crippen molar-refractivity contribution in [3.05, 3.63) is 42.6 Å². The lowest BCUT2D eigenvalue weighted by atomic mass is 9.93. The van der Waals surface area contributed by atoms with E-state index in [0.29, 0.717) is 0 Å². The molecule has 0 saturated heterocycles. The fourth-order valence-corrected chi connectivity index (χ4v) is 2.32. The third-order valence-corrected chi connectivity index (χ3v) is 3.17. The number of benzene rings is 1. The van der Waals surface area contributed by atoms with E-state index in [0.717, 1.165) is 11.4 Å². The fraction of sp³-hybridized carbons (Fsp3) is 0.231. The first-order valence-electron chi connectivity index (χ1n) is 5.64. The summed E-state index contributed by atoms with van der Waals surface area (Å²) in [5, 5.41) is 9.04. The normalized spacial score (nSPS) is 26.5. The summed E-state index contributed by atoms with van der Waals surface area (Å²) in [6.07, 6.45) is 3.70. The molecule has 17 heavy (non-hydrogen) atoms. The van der Waals surface area contributed by atoms with E-state index in [1.165, 1.54) is 0 Å². The molecule has 1 amide bonds. The van der Waals surface area contributed by atoms with E-state index < -0.39 is 0 Å². The Kier molecular flexibility index (Phi) is 2.21. The number of hydrogen-bond donors (Lipinski definition) is 1. The summed E-state index contributed by atoms with van der Waals surface area (Å²) in [4.78, 5) is 11.9. The van der Waals surface area contributed by atoms with E-state index >= 15 is 0 Å². The Balaban J connectivity index is 2.02. The van der Waals surface area contributed by atoms with Gasteiger partial charge in [0.15, 0.2) is 0 Å². The van der Waals surface area contributed by atoms with Crippen LogP contribution >= 0.6 is 0 Å². The van der Waals surface area contributed by atoms with Gasteiger partial charge in [-0.1, -0.05) is 24.3 Å². The summed E-state index contributed by atoms with van der Waals surface area (Å²) in [5.41, 5.74) is 1.93. The number of fused-ring (bicyclic) bond motifs is 1. The van der Waals surface area contributed by atoms with Crippen LogP contribution in [0, 0.1) is 5.92 Å². The van der Waals surface area contributed by atoms with Gasteiger partial charge in [-0.25, -0.2) is 0 Å². The Morgan fingerprint density at radius 1 is 1.29 bits per heavy atom. The second-order valence-electron chi connectivity index (χ2n) is 4.26. The fourth-order valence-electron chi connectivity index (χ4n) is 2.32. The predicted octanol–water partition coefficient (Wildman–Crippen LogP) is 1.51. The average molecular weight is 227 g/mol. The first kappa shape index (κ1) is 10.1. The van der Waals surface area contributed by atoms with Gasteiger partial charge in [0.1, 0.15) is 6.04 Å². The molecule has 2 atom stereocenters. The van der Waals surface area contributed by atoms with Gasteiger partial charge in [0.2, 0.25) is 5.91 Å². The van der Waals surface area contributed by atoms with Gasteiger partial charge in [-0.05, 0) is 19.1 Å². The lowest BCUT2D eigenvalue weighted by Crippen LogP contribution is -2.47. The van der Waals surface area contributed by atoms with Crippen molar-refractivity contribution < 1.29 is 4.79 Å². The number of nitrogens with zero attached hydrogens (tertiary/aromatic N) is 2. The third kappa shape index (κ3) is 1.53. The van der Waals surface area contributed by atoms with Crippen LogP contribution < -0.4 is 10.3 Å². The molecule has 2 unspecified atom stereocenters. The summed E-state index contributed by atoms with van der Waals surface area (Å²) in [7, 11) is 0. The summed E-state index contributed by atoms with van der Waals surface area (Å²) in [6.45, 7) is 1.96. The number of hydrazone groups is 1. The minimum atomic E-state index is -0.248. The molecule has 2 aliphatic heterocycles. The average Bonchev–Trinajstić information content (AvgIpc) is 2.70. The SMILES string of the molecule is CC1=NN(c2ccccc2)C2C(=O)NC=CC12. The van der Waals surface area contributed by atoms with Crippen molar-refractivity contribution in [2.45, 2.75) is 13.0 Å². The number of carbonyl (C=O) groups excluding carboxylic acids is 1. The molecule has 0 saturated carbocycles. The van der Waals surface area contributed by atoms with Gasteiger partial charge in [0.25, 0.3) is 0 Å². The quantitative estimate of drug-likeness (QED) is 0.790. The molecule has 0 aliphatic carbocycles. The van der Waals surface area contributed by atoms with Gasteiger partial charge >= 0.3 is 0 Å². The van der Waals surface area contributed by atoms with E-state index in [9.17, 15) is 4.79 Å². The van der Waals surface area contributed by atoms with Crippen molar-refractivity contribution in [2.75, 3.05) is 5.01 Å². The summed E-state index contributed by atoms with van der Waals surface area (Å²) in [6, 6.07) is 9.53. The molecule has 0 aromatic heterocycles. The zero-order chi connectivity index (χ0) is 11.8. The van der Waals surface area contributed by atoms with Crippen LogP contribution in [0.2, 0.25) is 0 Å². The first-order chi connectivity index (χ1) is 8.27. The van der Waals surface area contributed by atoms with E-state index in [1.54, 1.807) is 11.2 Å². The monoisotopic (exact) mass is 227 g/mol. The van der Waals surface area contributed by atoms with Crippen molar-refractivity contribution in [2.24, 2.45) is 11.0 Å². The van der Waals surface area contributed by atoms with Crippen LogP contribution in [0.15, 0.2) is 47.7 Å². The van der Waals surface area contributed by atoms with Crippen LogP contribution in [0.1, 0.15) is 6.92 Å². The second-order valence-corrected chi connectivity index (χ2v) is 4.26. The van der Waals surface area contributed by atoms with Gasteiger partial charge < -0.3 is 5.32 Å². The van der Waals surface area contributed by atoms with Crippen molar-refractivity contribution in [3.8, 4) is 0 Å². The van der Waals surface area contributed by atoms with Gasteiger partial charge in [0.05, 0.1) is 11.6 Å². The molecule has 0 bridgehead atoms. The maximum Gasteiger partial charge on any atom is 0.249 e. The number of carbonyl (C=O) groups is 1. The highest BCUT2D eigenvalue weighted by molar-refractivity contribution is 6.01. The molecule has 0 spiro atoms. The van der Waals surface area contributed by atoms with E-state index in [-0.39, 0.29) is 17.9 Å². The maximum atomic E-state index is 11.9. The molecular weight excluding hydrogens is 214 g/mol. The van der Waals surface area contributed by atoms with Crippen LogP contribution in [0.25, 0.3) is 0 Å². The Morgan fingerprint density at radius 2 is 2.06 bits per heavy atom. The second kappa shape index (κ2) is 3.73. The van der Waals surface area contributed by atoms with Gasteiger partial charge in [-0.2, -0.15) is 5.10 Å². The minimum Gasteiger partial charge on any atom is -0.331 e. The molecule has 3 rings (SSSR count). The summed E-state index contributed by atoms with van der Waals surface area (Å²) >= 11 is 0. The van der Waals surface area contributed by atoms with Crippen molar-refractivity contribution in [1.82, 2.24) is 5.32 Å². The topological polar surface area (TPSA) is 44.7 Å². The van der Waals surface area contributed by atoms with Crippen molar-refractivity contribution >= 4 is 17.3 Å². The summed E-state index contributed by atoms with van der Waals surface area (Å²) in [5.74, 6) is 0.0888. The highest BCUT2D eigenvalue weighted by Crippen LogP contribution is 2.30. The number of hydrogen-bond acceptors (Lipinski definition) is 3. The van der Waals surface area contributed by atoms with Crippen LogP contribution in [0.5, 0.6) is 0 Å². The molecule has 1 aromatic carbocycles. The highest BCUT2D eigenvalue weighted by Gasteiger charge is 2.41. The Morgan fingerprint density at radius 3 is 2.82 bits per heavy atom. The smallest absolute Gasteiger partial charge is 0.249 e. The number of para-hydroxylation sites is 1. The lowest BCUT2D eigenvalue weighted by molar-refractivity contribution is -0.122. The van der Waals surface area contributed by atoms with Gasteiger partial charge in [0, 0.05) is 11.9 Å².